The largest absolute Gasteiger partial charge is 0.458 e. The Morgan fingerprint density at radius 3 is 2.21 bits per heavy atom. The van der Waals surface area contributed by atoms with E-state index in [9.17, 15) is 27.6 Å². The first-order valence-corrected chi connectivity index (χ1v) is 15.8. The zero-order valence-corrected chi connectivity index (χ0v) is 26.8. The van der Waals surface area contributed by atoms with E-state index in [-0.39, 0.29) is 29.7 Å². The van der Waals surface area contributed by atoms with Crippen LogP contribution in [0.2, 0.25) is 0 Å². The van der Waals surface area contributed by atoms with Crippen LogP contribution in [-0.2, 0) is 42.3 Å². The van der Waals surface area contributed by atoms with Gasteiger partial charge in [-0.3, -0.25) is 19.2 Å². The second-order valence-corrected chi connectivity index (χ2v) is 12.4. The number of aryl methyl sites for hydroxylation is 2. The van der Waals surface area contributed by atoms with E-state index in [2.05, 4.69) is 26.5 Å². The van der Waals surface area contributed by atoms with Gasteiger partial charge in [-0.15, -0.1) is 0 Å². The van der Waals surface area contributed by atoms with E-state index >= 15 is 0 Å². The van der Waals surface area contributed by atoms with Crippen molar-refractivity contribution in [3.05, 3.63) is 113 Å². The van der Waals surface area contributed by atoms with Gasteiger partial charge in [-0.25, -0.2) is 13.8 Å². The highest BCUT2D eigenvalue weighted by Crippen LogP contribution is 2.21. The molecule has 0 bridgehead atoms. The predicted molar refractivity (Wildman–Crippen MR) is 176 cm³/mol. The maximum Gasteiger partial charge on any atom is 0.313 e. The van der Waals surface area contributed by atoms with Crippen LogP contribution in [0.3, 0.4) is 0 Å². The average Bonchev–Trinajstić information content (AvgIpc) is 3.49. The van der Waals surface area contributed by atoms with Gasteiger partial charge in [-0.1, -0.05) is 36.4 Å². The van der Waals surface area contributed by atoms with Gasteiger partial charge in [0.2, 0.25) is 15.9 Å². The minimum Gasteiger partial charge on any atom is -0.458 e. The number of hydrogen-bond acceptors (Lipinski definition) is 8. The minimum absolute atomic E-state index is 0.0585. The van der Waals surface area contributed by atoms with Gasteiger partial charge in [-0.05, 0) is 79.1 Å². The van der Waals surface area contributed by atoms with E-state index in [1.54, 1.807) is 54.6 Å². The number of nitrogens with one attached hydrogen (secondary N) is 4. The van der Waals surface area contributed by atoms with Crippen molar-refractivity contribution in [1.82, 2.24) is 15.0 Å². The Balaban J connectivity index is 1.33. The molecule has 0 spiro atoms. The second kappa shape index (κ2) is 15.6. The standard InChI is InChI=1S/C33H34N6O7S/c1-22-9-10-27(17-23(22)2)37-33(43)32(42)34-18-28-13-14-29(46-28)19-35-38-31(41)21-39(20-25-7-5-4-6-8-25)47(44,45)30-15-11-26(12-16-30)36-24(3)40/h4-17,19H,18,20-21H2,1-3H3,(H,34,42)(H,36,40)(H,37,43)(H,38,41)/b35-19-. The molecular formula is C33H34N6O7S. The summed E-state index contributed by atoms with van der Waals surface area (Å²) in [4.78, 5) is 48.6. The van der Waals surface area contributed by atoms with Crippen LogP contribution in [0.1, 0.15) is 35.1 Å². The average molecular weight is 659 g/mol. The van der Waals surface area contributed by atoms with Crippen molar-refractivity contribution >= 4 is 51.2 Å². The van der Waals surface area contributed by atoms with Gasteiger partial charge in [0, 0.05) is 24.8 Å². The van der Waals surface area contributed by atoms with E-state index in [1.165, 1.54) is 37.4 Å². The summed E-state index contributed by atoms with van der Waals surface area (Å²) in [5, 5.41) is 11.5. The molecule has 0 aliphatic heterocycles. The number of nitrogens with zero attached hydrogens (tertiary/aromatic N) is 2. The number of hydrazone groups is 1. The summed E-state index contributed by atoms with van der Waals surface area (Å²) < 4.78 is 33.6. The number of amides is 4. The summed E-state index contributed by atoms with van der Waals surface area (Å²) in [6.45, 7) is 4.49. The van der Waals surface area contributed by atoms with Crippen LogP contribution >= 0.6 is 0 Å². The highest BCUT2D eigenvalue weighted by atomic mass is 32.2. The maximum atomic E-state index is 13.5. The first kappa shape index (κ1) is 34.3. The molecule has 4 N–H and O–H groups in total. The zero-order valence-electron chi connectivity index (χ0n) is 25.9. The van der Waals surface area contributed by atoms with Crippen molar-refractivity contribution in [2.45, 2.75) is 38.8 Å². The molecule has 0 aliphatic rings. The van der Waals surface area contributed by atoms with Crippen LogP contribution in [0.4, 0.5) is 11.4 Å². The predicted octanol–water partition coefficient (Wildman–Crippen LogP) is 3.45. The summed E-state index contributed by atoms with van der Waals surface area (Å²) in [6, 6.07) is 22.9. The lowest BCUT2D eigenvalue weighted by Gasteiger charge is -2.21. The molecule has 0 aliphatic carbocycles. The van der Waals surface area contributed by atoms with E-state index in [4.69, 9.17) is 4.42 Å². The SMILES string of the molecule is CC(=O)Nc1ccc(S(=O)(=O)N(CC(=O)N/N=C\c2ccc(CNC(=O)C(=O)Nc3ccc(C)c(C)c3)o2)Cc2ccccc2)cc1. The lowest BCUT2D eigenvalue weighted by atomic mass is 10.1. The van der Waals surface area contributed by atoms with Gasteiger partial charge in [0.25, 0.3) is 5.91 Å². The highest BCUT2D eigenvalue weighted by Gasteiger charge is 2.27. The molecule has 14 heteroatoms. The summed E-state index contributed by atoms with van der Waals surface area (Å²) in [5.41, 5.74) is 5.94. The monoisotopic (exact) mass is 658 g/mol. The Morgan fingerprint density at radius 1 is 0.830 bits per heavy atom. The first-order valence-electron chi connectivity index (χ1n) is 14.4. The summed E-state index contributed by atoms with van der Waals surface area (Å²) in [7, 11) is -4.13. The van der Waals surface area contributed by atoms with E-state index in [1.807, 2.05) is 19.9 Å². The van der Waals surface area contributed by atoms with Crippen molar-refractivity contribution in [1.29, 1.82) is 0 Å². The fraction of sp³-hybridized carbons (Fsp3) is 0.182. The van der Waals surface area contributed by atoms with Crippen molar-refractivity contribution in [3.8, 4) is 0 Å². The molecule has 244 valence electrons. The fourth-order valence-corrected chi connectivity index (χ4v) is 5.64. The molecule has 0 fully saturated rings. The third kappa shape index (κ3) is 9.94. The van der Waals surface area contributed by atoms with E-state index in [0.29, 0.717) is 22.7 Å². The van der Waals surface area contributed by atoms with Crippen molar-refractivity contribution in [2.24, 2.45) is 5.10 Å². The Kier molecular flexibility index (Phi) is 11.4. The lowest BCUT2D eigenvalue weighted by Crippen LogP contribution is -2.39. The molecule has 0 radical (unpaired) electrons. The number of carbonyl (C=O) groups excluding carboxylic acids is 4. The first-order chi connectivity index (χ1) is 22.4. The van der Waals surface area contributed by atoms with Gasteiger partial charge in [0.1, 0.15) is 11.5 Å². The van der Waals surface area contributed by atoms with Crippen molar-refractivity contribution in [2.75, 3.05) is 17.2 Å². The van der Waals surface area contributed by atoms with Crippen LogP contribution in [0, 0.1) is 13.8 Å². The normalized spacial score (nSPS) is 11.3. The summed E-state index contributed by atoms with van der Waals surface area (Å²) >= 11 is 0. The van der Waals surface area contributed by atoms with Gasteiger partial charge in [0.05, 0.1) is 24.2 Å². The zero-order chi connectivity index (χ0) is 34.0. The minimum atomic E-state index is -4.13. The van der Waals surface area contributed by atoms with Gasteiger partial charge in [-0.2, -0.15) is 9.41 Å². The quantitative estimate of drug-likeness (QED) is 0.102. The molecule has 4 aromatic rings. The van der Waals surface area contributed by atoms with Gasteiger partial charge < -0.3 is 20.4 Å². The molecule has 47 heavy (non-hydrogen) atoms. The molecule has 1 heterocycles. The lowest BCUT2D eigenvalue weighted by molar-refractivity contribution is -0.136. The smallest absolute Gasteiger partial charge is 0.313 e. The topological polar surface area (TPSA) is 179 Å². The number of benzene rings is 3. The Hall–Kier alpha value is -5.60. The van der Waals surface area contributed by atoms with E-state index < -0.39 is 34.3 Å². The molecule has 0 unspecified atom stereocenters. The second-order valence-electron chi connectivity index (χ2n) is 10.5. The van der Waals surface area contributed by atoms with Crippen LogP contribution in [0.25, 0.3) is 0 Å². The fourth-order valence-electron chi connectivity index (χ4n) is 4.25. The van der Waals surface area contributed by atoms with Crippen LogP contribution in [0.15, 0.2) is 99.3 Å². The molecule has 13 nitrogen and oxygen atoms in total. The molecule has 1 aromatic heterocycles. The number of hydrogen-bond donors (Lipinski definition) is 4. The molecule has 3 aromatic carbocycles. The van der Waals surface area contributed by atoms with Crippen LogP contribution in [-0.4, -0.2) is 49.1 Å². The van der Waals surface area contributed by atoms with Crippen molar-refractivity contribution < 1.29 is 32.0 Å². The summed E-state index contributed by atoms with van der Waals surface area (Å²) in [6.07, 6.45) is 1.21. The number of carbonyl (C=O) groups is 4. The molecular weight excluding hydrogens is 624 g/mol. The summed E-state index contributed by atoms with van der Waals surface area (Å²) in [5.74, 6) is -2.11. The molecule has 0 saturated heterocycles. The molecule has 0 atom stereocenters. The molecule has 0 saturated carbocycles. The Bertz CT molecular complexity index is 1890. The van der Waals surface area contributed by atoms with E-state index in [0.717, 1.165) is 15.4 Å². The Labute approximate surface area is 272 Å². The molecule has 4 rings (SSSR count). The third-order valence-corrected chi connectivity index (χ3v) is 8.60. The van der Waals surface area contributed by atoms with Crippen LogP contribution in [0.5, 0.6) is 0 Å². The maximum absolute atomic E-state index is 13.5. The van der Waals surface area contributed by atoms with Crippen molar-refractivity contribution in [3.63, 3.8) is 0 Å². The Morgan fingerprint density at radius 2 is 1.53 bits per heavy atom. The number of anilines is 2. The van der Waals surface area contributed by atoms with Gasteiger partial charge >= 0.3 is 11.8 Å². The number of sulfonamides is 1. The molecule has 4 amide bonds. The number of furan rings is 1. The third-order valence-electron chi connectivity index (χ3n) is 6.79. The van der Waals surface area contributed by atoms with Gasteiger partial charge in [0.15, 0.2) is 0 Å². The van der Waals surface area contributed by atoms with Crippen LogP contribution < -0.4 is 21.4 Å². The number of rotatable bonds is 12. The highest BCUT2D eigenvalue weighted by molar-refractivity contribution is 7.89.